The molecule has 0 saturated carbocycles. The number of guanidine groups is 1. The van der Waals surface area contributed by atoms with Crippen molar-refractivity contribution in [3.63, 3.8) is 0 Å². The molecule has 1 aliphatic heterocycles. The quantitative estimate of drug-likeness (QED) is 0.293. The van der Waals surface area contributed by atoms with Gasteiger partial charge in [-0.1, -0.05) is 11.6 Å². The lowest BCUT2D eigenvalue weighted by molar-refractivity contribution is -0.0594. The van der Waals surface area contributed by atoms with Gasteiger partial charge in [0, 0.05) is 49.7 Å². The summed E-state index contributed by atoms with van der Waals surface area (Å²) in [6.07, 6.45) is 1.08. The number of ether oxygens (including phenoxy) is 2. The highest BCUT2D eigenvalue weighted by molar-refractivity contribution is 14.0. The maximum absolute atomic E-state index is 12.5. The van der Waals surface area contributed by atoms with Gasteiger partial charge in [0.15, 0.2) is 5.96 Å². The van der Waals surface area contributed by atoms with E-state index < -0.39 is 12.2 Å². The monoisotopic (exact) mass is 519 g/mol. The molecule has 10 heteroatoms. The summed E-state index contributed by atoms with van der Waals surface area (Å²) < 4.78 is 34.8. The zero-order chi connectivity index (χ0) is 19.0. The summed E-state index contributed by atoms with van der Waals surface area (Å²) in [5.74, 6) is 0.502. The van der Waals surface area contributed by atoms with Gasteiger partial charge >= 0.3 is 6.61 Å². The first-order valence-electron chi connectivity index (χ1n) is 8.47. The predicted molar refractivity (Wildman–Crippen MR) is 111 cm³/mol. The fourth-order valence-electron chi connectivity index (χ4n) is 2.56. The molecular weight excluding hydrogens is 495 g/mol. The number of alkyl halides is 2. The van der Waals surface area contributed by atoms with E-state index in [9.17, 15) is 13.9 Å². The molecule has 0 unspecified atom stereocenters. The third-order valence-electron chi connectivity index (χ3n) is 4.00. The summed E-state index contributed by atoms with van der Waals surface area (Å²) in [7, 11) is 0. The molecule has 0 bridgehead atoms. The SMILES string of the molecule is CCNC(=NCc1cc(Cl)ccc1OC(F)F)NCC1(O)CCOCC1.I. The second-order valence-electron chi connectivity index (χ2n) is 6.02. The van der Waals surface area contributed by atoms with Crippen LogP contribution in [0.3, 0.4) is 0 Å². The minimum atomic E-state index is -2.92. The Bertz CT molecular complexity index is 617. The van der Waals surface area contributed by atoms with Crippen LogP contribution in [0.1, 0.15) is 25.3 Å². The summed E-state index contributed by atoms with van der Waals surface area (Å²) in [6, 6.07) is 4.42. The number of nitrogens with one attached hydrogen (secondary N) is 2. The van der Waals surface area contributed by atoms with Crippen LogP contribution in [0.2, 0.25) is 5.02 Å². The average molecular weight is 520 g/mol. The van der Waals surface area contributed by atoms with Crippen molar-refractivity contribution in [3.8, 4) is 5.75 Å². The molecule has 27 heavy (non-hydrogen) atoms. The first kappa shape index (κ1) is 24.1. The van der Waals surface area contributed by atoms with Crippen molar-refractivity contribution >= 4 is 41.5 Å². The zero-order valence-corrected chi connectivity index (χ0v) is 18.1. The Balaban J connectivity index is 0.00000364. The van der Waals surface area contributed by atoms with Gasteiger partial charge in [-0.3, -0.25) is 0 Å². The standard InChI is InChI=1S/C17H24ClF2N3O3.HI/c1-2-21-16(23-11-17(24)5-7-25-8-6-17)22-10-12-9-13(18)3-4-14(12)26-15(19)20;/h3-4,9,15,24H,2,5-8,10-11H2,1H3,(H2,21,22,23);1H. The van der Waals surface area contributed by atoms with Crippen LogP contribution in [0.25, 0.3) is 0 Å². The van der Waals surface area contributed by atoms with Crippen molar-refractivity contribution in [1.82, 2.24) is 10.6 Å². The summed E-state index contributed by atoms with van der Waals surface area (Å²) in [5.41, 5.74) is -0.408. The molecule has 0 aliphatic carbocycles. The van der Waals surface area contributed by atoms with Crippen LogP contribution >= 0.6 is 35.6 Å². The third kappa shape index (κ3) is 8.32. The Morgan fingerprint density at radius 3 is 2.70 bits per heavy atom. The van der Waals surface area contributed by atoms with E-state index in [1.165, 1.54) is 12.1 Å². The largest absolute Gasteiger partial charge is 0.434 e. The van der Waals surface area contributed by atoms with Crippen LogP contribution in [-0.4, -0.2) is 49.6 Å². The van der Waals surface area contributed by atoms with Gasteiger partial charge < -0.3 is 25.2 Å². The lowest BCUT2D eigenvalue weighted by atomic mass is 9.94. The van der Waals surface area contributed by atoms with E-state index in [4.69, 9.17) is 16.3 Å². The second kappa shape index (κ2) is 11.8. The molecule has 6 nitrogen and oxygen atoms in total. The van der Waals surface area contributed by atoms with Crippen molar-refractivity contribution < 1.29 is 23.4 Å². The molecule has 2 rings (SSSR count). The normalized spacial score (nSPS) is 16.6. The second-order valence-corrected chi connectivity index (χ2v) is 6.45. The van der Waals surface area contributed by atoms with Crippen LogP contribution in [0.5, 0.6) is 5.75 Å². The molecule has 1 aliphatic rings. The third-order valence-corrected chi connectivity index (χ3v) is 4.23. The number of aliphatic imine (C=N–C) groups is 1. The lowest BCUT2D eigenvalue weighted by Gasteiger charge is -2.32. The summed E-state index contributed by atoms with van der Waals surface area (Å²) in [5, 5.41) is 17.1. The Hall–Kier alpha value is -0.910. The molecule has 0 atom stereocenters. The lowest BCUT2D eigenvalue weighted by Crippen LogP contribution is -2.49. The van der Waals surface area contributed by atoms with Crippen LogP contribution in [0.4, 0.5) is 8.78 Å². The van der Waals surface area contributed by atoms with Crippen LogP contribution in [0.15, 0.2) is 23.2 Å². The summed E-state index contributed by atoms with van der Waals surface area (Å²) >= 11 is 5.94. The highest BCUT2D eigenvalue weighted by atomic mass is 127. The van der Waals surface area contributed by atoms with Crippen molar-refractivity contribution in [1.29, 1.82) is 0 Å². The molecule has 0 spiro atoms. The van der Waals surface area contributed by atoms with Gasteiger partial charge in [0.1, 0.15) is 5.75 Å². The van der Waals surface area contributed by atoms with Gasteiger partial charge in [-0.2, -0.15) is 8.78 Å². The van der Waals surface area contributed by atoms with Gasteiger partial charge in [0.25, 0.3) is 0 Å². The van der Waals surface area contributed by atoms with E-state index in [-0.39, 0.29) is 36.3 Å². The molecule has 1 aromatic carbocycles. The fourth-order valence-corrected chi connectivity index (χ4v) is 2.76. The molecule has 0 radical (unpaired) electrons. The number of hydrogen-bond donors (Lipinski definition) is 3. The van der Waals surface area contributed by atoms with Gasteiger partial charge in [0.05, 0.1) is 12.1 Å². The Labute approximate surface area is 179 Å². The van der Waals surface area contributed by atoms with Crippen LogP contribution in [0, 0.1) is 0 Å². The molecule has 154 valence electrons. The first-order chi connectivity index (χ1) is 12.4. The number of nitrogens with zero attached hydrogens (tertiary/aromatic N) is 1. The van der Waals surface area contributed by atoms with Gasteiger partial charge in [-0.15, -0.1) is 24.0 Å². The smallest absolute Gasteiger partial charge is 0.387 e. The number of halogens is 4. The van der Waals surface area contributed by atoms with E-state index in [0.717, 1.165) is 0 Å². The highest BCUT2D eigenvalue weighted by Gasteiger charge is 2.29. The Kier molecular flexibility index (Phi) is 10.6. The molecule has 1 fully saturated rings. The number of hydrogen-bond acceptors (Lipinski definition) is 4. The fraction of sp³-hybridized carbons (Fsp3) is 0.588. The predicted octanol–water partition coefficient (Wildman–Crippen LogP) is 3.16. The topological polar surface area (TPSA) is 75.1 Å². The van der Waals surface area contributed by atoms with Gasteiger partial charge in [-0.25, -0.2) is 4.99 Å². The first-order valence-corrected chi connectivity index (χ1v) is 8.85. The molecule has 3 N–H and O–H groups in total. The maximum atomic E-state index is 12.5. The van der Waals surface area contributed by atoms with Crippen molar-refractivity contribution in [2.24, 2.45) is 4.99 Å². The molecule has 1 heterocycles. The zero-order valence-electron chi connectivity index (χ0n) is 15.0. The number of rotatable bonds is 7. The van der Waals surface area contributed by atoms with E-state index in [1.54, 1.807) is 6.07 Å². The minimum Gasteiger partial charge on any atom is -0.434 e. The molecule has 0 aromatic heterocycles. The number of benzene rings is 1. The number of aliphatic hydroxyl groups is 1. The molecule has 0 amide bonds. The maximum Gasteiger partial charge on any atom is 0.387 e. The van der Waals surface area contributed by atoms with Crippen molar-refractivity contribution in [2.75, 3.05) is 26.3 Å². The van der Waals surface area contributed by atoms with Gasteiger partial charge in [0.2, 0.25) is 0 Å². The van der Waals surface area contributed by atoms with Gasteiger partial charge in [-0.05, 0) is 25.1 Å². The molecular formula is C17H25ClF2IN3O3. The summed E-state index contributed by atoms with van der Waals surface area (Å²) in [4.78, 5) is 4.38. The summed E-state index contributed by atoms with van der Waals surface area (Å²) in [6.45, 7) is 1.05. The van der Waals surface area contributed by atoms with E-state index >= 15 is 0 Å². The molecule has 1 aromatic rings. The highest BCUT2D eigenvalue weighted by Crippen LogP contribution is 2.25. The van der Waals surface area contributed by atoms with E-state index in [1.807, 2.05) is 6.92 Å². The van der Waals surface area contributed by atoms with E-state index in [2.05, 4.69) is 20.4 Å². The van der Waals surface area contributed by atoms with E-state index in [0.29, 0.717) is 55.7 Å². The van der Waals surface area contributed by atoms with Crippen LogP contribution in [-0.2, 0) is 11.3 Å². The average Bonchev–Trinajstić information content (AvgIpc) is 2.60. The minimum absolute atomic E-state index is 0. The molecule has 1 saturated heterocycles. The Morgan fingerprint density at radius 2 is 2.07 bits per heavy atom. The van der Waals surface area contributed by atoms with Crippen molar-refractivity contribution in [3.05, 3.63) is 28.8 Å². The Morgan fingerprint density at radius 1 is 1.37 bits per heavy atom. The van der Waals surface area contributed by atoms with Crippen LogP contribution < -0.4 is 15.4 Å². The van der Waals surface area contributed by atoms with Crippen molar-refractivity contribution in [2.45, 2.75) is 38.5 Å².